The fourth-order valence-electron chi connectivity index (χ4n) is 3.36. The van der Waals surface area contributed by atoms with Crippen LogP contribution < -0.4 is 4.74 Å². The van der Waals surface area contributed by atoms with Gasteiger partial charge in [-0.15, -0.1) is 12.4 Å². The molecule has 5 heteroatoms. The number of aryl methyl sites for hydroxylation is 1. The van der Waals surface area contributed by atoms with Crippen LogP contribution in [0.25, 0.3) is 10.9 Å². The van der Waals surface area contributed by atoms with Gasteiger partial charge >= 0.3 is 0 Å². The van der Waals surface area contributed by atoms with Crippen molar-refractivity contribution in [2.75, 3.05) is 0 Å². The molecule has 0 aliphatic heterocycles. The van der Waals surface area contributed by atoms with Gasteiger partial charge < -0.3 is 9.30 Å². The Morgan fingerprint density at radius 3 is 2.36 bits per heavy atom. The highest BCUT2D eigenvalue weighted by atomic mass is 35.5. The number of hydrogen-bond donors (Lipinski definition) is 0. The molecule has 2 aromatic carbocycles. The summed E-state index contributed by atoms with van der Waals surface area (Å²) in [5, 5.41) is 1.15. The number of halogens is 2. The van der Waals surface area contributed by atoms with Crippen LogP contribution in [-0.2, 0) is 13.2 Å². The van der Waals surface area contributed by atoms with Gasteiger partial charge in [-0.3, -0.25) is 0 Å². The Morgan fingerprint density at radius 2 is 1.64 bits per heavy atom. The van der Waals surface area contributed by atoms with Gasteiger partial charge in [0.05, 0.1) is 0 Å². The smallest absolute Gasteiger partial charge is 0.238 e. The van der Waals surface area contributed by atoms with E-state index < -0.39 is 0 Å². The Hall–Kier alpha value is -2.85. The SMILES string of the molecule is Cc1c(C)n(Cc2ccccc2)c2c(OCc3ccc(F)cc3)nccc12.Cl. The van der Waals surface area contributed by atoms with Crippen LogP contribution in [0.4, 0.5) is 4.39 Å². The van der Waals surface area contributed by atoms with Crippen LogP contribution in [0.5, 0.6) is 5.88 Å². The molecule has 2 heterocycles. The van der Waals surface area contributed by atoms with Crippen molar-refractivity contribution in [3.63, 3.8) is 0 Å². The summed E-state index contributed by atoms with van der Waals surface area (Å²) in [6, 6.07) is 18.7. The van der Waals surface area contributed by atoms with E-state index in [0.29, 0.717) is 12.5 Å². The molecule has 3 nitrogen and oxygen atoms in total. The van der Waals surface area contributed by atoms with Crippen molar-refractivity contribution >= 4 is 23.3 Å². The number of aromatic nitrogens is 2. The maximum Gasteiger partial charge on any atom is 0.238 e. The minimum atomic E-state index is -0.248. The van der Waals surface area contributed by atoms with Crippen LogP contribution in [0.2, 0.25) is 0 Å². The molecule has 0 unspecified atom stereocenters. The molecule has 0 aliphatic carbocycles. The van der Waals surface area contributed by atoms with Gasteiger partial charge in [-0.05, 0) is 48.7 Å². The normalized spacial score (nSPS) is 10.7. The van der Waals surface area contributed by atoms with E-state index in [1.54, 1.807) is 18.3 Å². The zero-order chi connectivity index (χ0) is 18.8. The first kappa shape index (κ1) is 19.9. The lowest BCUT2D eigenvalue weighted by molar-refractivity contribution is 0.296. The number of fused-ring (bicyclic) bond motifs is 1. The number of benzene rings is 2. The largest absolute Gasteiger partial charge is 0.471 e. The molecule has 0 bridgehead atoms. The quantitative estimate of drug-likeness (QED) is 0.423. The molecule has 0 saturated carbocycles. The average Bonchev–Trinajstić information content (AvgIpc) is 2.94. The molecule has 0 saturated heterocycles. The first-order chi connectivity index (χ1) is 13.1. The fourth-order valence-corrected chi connectivity index (χ4v) is 3.36. The molecule has 0 radical (unpaired) electrons. The molecule has 4 aromatic rings. The second-order valence-corrected chi connectivity index (χ2v) is 6.71. The van der Waals surface area contributed by atoms with E-state index in [1.165, 1.54) is 29.0 Å². The number of hydrogen-bond acceptors (Lipinski definition) is 2. The molecule has 28 heavy (non-hydrogen) atoms. The van der Waals surface area contributed by atoms with Crippen molar-refractivity contribution in [1.29, 1.82) is 0 Å². The highest BCUT2D eigenvalue weighted by Gasteiger charge is 2.16. The molecule has 0 N–H and O–H groups in total. The average molecular weight is 397 g/mol. The molecule has 0 spiro atoms. The van der Waals surface area contributed by atoms with Gasteiger partial charge in [0.2, 0.25) is 5.88 Å². The van der Waals surface area contributed by atoms with Crippen LogP contribution in [0, 0.1) is 19.7 Å². The van der Waals surface area contributed by atoms with Crippen molar-refractivity contribution in [3.05, 3.63) is 95.1 Å². The summed E-state index contributed by atoms with van der Waals surface area (Å²) >= 11 is 0. The lowest BCUT2D eigenvalue weighted by atomic mass is 10.2. The van der Waals surface area contributed by atoms with Crippen molar-refractivity contribution in [1.82, 2.24) is 9.55 Å². The lowest BCUT2D eigenvalue weighted by Gasteiger charge is -2.12. The van der Waals surface area contributed by atoms with Crippen LogP contribution in [0.1, 0.15) is 22.4 Å². The summed E-state index contributed by atoms with van der Waals surface area (Å²) in [4.78, 5) is 4.48. The van der Waals surface area contributed by atoms with Crippen molar-refractivity contribution in [3.8, 4) is 5.88 Å². The van der Waals surface area contributed by atoms with Crippen LogP contribution >= 0.6 is 12.4 Å². The van der Waals surface area contributed by atoms with Gasteiger partial charge in [-0.2, -0.15) is 0 Å². The number of nitrogens with zero attached hydrogens (tertiary/aromatic N) is 2. The fraction of sp³-hybridized carbons (Fsp3) is 0.174. The van der Waals surface area contributed by atoms with Gasteiger partial charge in [0.25, 0.3) is 0 Å². The van der Waals surface area contributed by atoms with Gasteiger partial charge in [-0.25, -0.2) is 9.37 Å². The summed E-state index contributed by atoms with van der Waals surface area (Å²) < 4.78 is 21.4. The summed E-state index contributed by atoms with van der Waals surface area (Å²) in [5.74, 6) is 0.353. The first-order valence-corrected chi connectivity index (χ1v) is 8.99. The maximum absolute atomic E-state index is 13.1. The topological polar surface area (TPSA) is 27.1 Å². The van der Waals surface area contributed by atoms with Gasteiger partial charge in [-0.1, -0.05) is 42.5 Å². The van der Waals surface area contributed by atoms with E-state index in [9.17, 15) is 4.39 Å². The summed E-state index contributed by atoms with van der Waals surface area (Å²) in [6.07, 6.45) is 1.78. The molecule has 0 fully saturated rings. The van der Waals surface area contributed by atoms with Crippen molar-refractivity contribution in [2.24, 2.45) is 0 Å². The Bertz CT molecular complexity index is 1080. The van der Waals surface area contributed by atoms with E-state index in [1.807, 2.05) is 24.3 Å². The molecular weight excluding hydrogens is 375 g/mol. The van der Waals surface area contributed by atoms with E-state index >= 15 is 0 Å². The van der Waals surface area contributed by atoms with Gasteiger partial charge in [0, 0.05) is 23.8 Å². The van der Waals surface area contributed by atoms with Crippen molar-refractivity contribution < 1.29 is 9.13 Å². The molecular formula is C23H22ClFN2O. The number of pyridine rings is 1. The maximum atomic E-state index is 13.1. The minimum absolute atomic E-state index is 0. The third-order valence-corrected chi connectivity index (χ3v) is 4.98. The van der Waals surface area contributed by atoms with E-state index in [4.69, 9.17) is 4.74 Å². The number of ether oxygens (including phenoxy) is 1. The third kappa shape index (κ3) is 3.87. The molecule has 4 rings (SSSR count). The molecule has 144 valence electrons. The zero-order valence-electron chi connectivity index (χ0n) is 15.9. The van der Waals surface area contributed by atoms with Crippen LogP contribution in [-0.4, -0.2) is 9.55 Å². The Labute approximate surface area is 170 Å². The first-order valence-electron chi connectivity index (χ1n) is 8.99. The van der Waals surface area contributed by atoms with E-state index in [0.717, 1.165) is 23.0 Å². The van der Waals surface area contributed by atoms with Crippen LogP contribution in [0.3, 0.4) is 0 Å². The van der Waals surface area contributed by atoms with Crippen LogP contribution in [0.15, 0.2) is 66.9 Å². The van der Waals surface area contributed by atoms with E-state index in [2.05, 4.69) is 35.5 Å². The molecule has 2 aromatic heterocycles. The highest BCUT2D eigenvalue weighted by Crippen LogP contribution is 2.31. The van der Waals surface area contributed by atoms with Crippen molar-refractivity contribution in [2.45, 2.75) is 27.0 Å². The summed E-state index contributed by atoms with van der Waals surface area (Å²) in [6.45, 7) is 5.36. The van der Waals surface area contributed by atoms with E-state index in [-0.39, 0.29) is 18.2 Å². The lowest BCUT2D eigenvalue weighted by Crippen LogP contribution is -2.05. The Balaban J connectivity index is 0.00000225. The monoisotopic (exact) mass is 396 g/mol. The molecule has 0 aliphatic rings. The highest BCUT2D eigenvalue weighted by molar-refractivity contribution is 5.89. The second kappa shape index (κ2) is 8.44. The predicted molar refractivity (Wildman–Crippen MR) is 113 cm³/mol. The zero-order valence-corrected chi connectivity index (χ0v) is 16.7. The minimum Gasteiger partial charge on any atom is -0.471 e. The predicted octanol–water partition coefficient (Wildman–Crippen LogP) is 5.84. The second-order valence-electron chi connectivity index (χ2n) is 6.71. The molecule has 0 amide bonds. The van der Waals surface area contributed by atoms with Gasteiger partial charge in [0.1, 0.15) is 17.9 Å². The van der Waals surface area contributed by atoms with Gasteiger partial charge in [0.15, 0.2) is 0 Å². The third-order valence-electron chi connectivity index (χ3n) is 4.98. The summed E-state index contributed by atoms with van der Waals surface area (Å²) in [7, 11) is 0. The summed E-state index contributed by atoms with van der Waals surface area (Å²) in [5.41, 5.74) is 5.57. The Morgan fingerprint density at radius 1 is 0.929 bits per heavy atom. The molecule has 0 atom stereocenters. The number of rotatable bonds is 5. The Kier molecular flexibility index (Phi) is 6.00. The standard InChI is InChI=1S/C23H21FN2O.ClH/c1-16-17(2)26(14-18-6-4-3-5-7-18)22-21(16)12-13-25-23(22)27-15-19-8-10-20(24)11-9-19;/h3-13H,14-15H2,1-2H3;1H.